The highest BCUT2D eigenvalue weighted by Crippen LogP contribution is 2.40. The third kappa shape index (κ3) is 7.26. The Labute approximate surface area is 293 Å². The number of aromatic hydroxyl groups is 6. The van der Waals surface area contributed by atoms with E-state index in [1.165, 1.54) is 55.5 Å². The molecule has 7 N–H and O–H groups in total. The van der Waals surface area contributed by atoms with Gasteiger partial charge in [0.15, 0.2) is 29.5 Å². The van der Waals surface area contributed by atoms with E-state index in [0.717, 1.165) is 30.3 Å². The highest BCUT2D eigenvalue weighted by molar-refractivity contribution is 5.90. The smallest absolute Gasteiger partial charge is 0.338 e. The van der Waals surface area contributed by atoms with Crippen molar-refractivity contribution in [1.29, 1.82) is 0 Å². The first-order valence-electron chi connectivity index (χ1n) is 15.5. The molecule has 0 bridgehead atoms. The molecule has 0 radical (unpaired) electrons. The van der Waals surface area contributed by atoms with Gasteiger partial charge in [-0.05, 0) is 73.2 Å². The molecule has 0 spiro atoms. The molecule has 2 heterocycles. The molecular weight excluding hydrogens is 684 g/mol. The number of ether oxygens (including phenoxy) is 4. The van der Waals surface area contributed by atoms with E-state index in [0.29, 0.717) is 5.56 Å². The van der Waals surface area contributed by atoms with Gasteiger partial charge < -0.3 is 59.1 Å². The van der Waals surface area contributed by atoms with Gasteiger partial charge in [-0.15, -0.1) is 0 Å². The van der Waals surface area contributed by atoms with E-state index in [4.69, 9.17) is 23.4 Å². The van der Waals surface area contributed by atoms with Crippen molar-refractivity contribution in [2.45, 2.75) is 37.6 Å². The minimum atomic E-state index is -1.85. The van der Waals surface area contributed by atoms with Crippen LogP contribution in [0.4, 0.5) is 0 Å². The molecule has 6 rings (SSSR count). The molecule has 1 saturated heterocycles. The second-order valence-electron chi connectivity index (χ2n) is 11.7. The first kappa shape index (κ1) is 35.1. The fraction of sp³-hybridized carbons (Fsp3) is 0.162. The number of phenolic OH excluding ortho intramolecular Hbond substituents is 6. The third-order valence-electron chi connectivity index (χ3n) is 8.05. The number of aliphatic hydroxyl groups is 1. The Bertz CT molecular complexity index is 2220. The number of benzene rings is 4. The second-order valence-corrected chi connectivity index (χ2v) is 11.7. The Morgan fingerprint density at radius 1 is 0.750 bits per heavy atom. The van der Waals surface area contributed by atoms with Gasteiger partial charge in [-0.1, -0.05) is 12.1 Å². The van der Waals surface area contributed by atoms with E-state index in [1.807, 2.05) is 0 Å². The van der Waals surface area contributed by atoms with Crippen LogP contribution >= 0.6 is 0 Å². The summed E-state index contributed by atoms with van der Waals surface area (Å²) in [6, 6.07) is 16.2. The van der Waals surface area contributed by atoms with E-state index < -0.39 is 82.2 Å². The van der Waals surface area contributed by atoms with Crippen LogP contribution < -0.4 is 10.2 Å². The number of rotatable bonds is 8. The van der Waals surface area contributed by atoms with Gasteiger partial charge in [0.25, 0.3) is 0 Å². The summed E-state index contributed by atoms with van der Waals surface area (Å²) < 4.78 is 29.0. The minimum Gasteiger partial charge on any atom is -0.508 e. The molecular formula is C37H30O15. The molecule has 52 heavy (non-hydrogen) atoms. The van der Waals surface area contributed by atoms with Gasteiger partial charge in [-0.25, -0.2) is 9.59 Å². The zero-order valence-corrected chi connectivity index (χ0v) is 26.9. The highest BCUT2D eigenvalue weighted by Gasteiger charge is 2.50. The predicted octanol–water partition coefficient (Wildman–Crippen LogP) is 4.03. The summed E-state index contributed by atoms with van der Waals surface area (Å²) in [7, 11) is 0. The second kappa shape index (κ2) is 14.3. The van der Waals surface area contributed by atoms with E-state index in [2.05, 4.69) is 0 Å². The number of carbonyl (C=O) groups is 2. The summed E-state index contributed by atoms with van der Waals surface area (Å²) >= 11 is 0. The molecule has 0 aliphatic carbocycles. The molecule has 1 aromatic heterocycles. The molecule has 1 fully saturated rings. The van der Waals surface area contributed by atoms with Crippen molar-refractivity contribution < 1.29 is 68.7 Å². The molecule has 5 aromatic rings. The topological polar surface area (TPSA) is 243 Å². The average molecular weight is 715 g/mol. The summed E-state index contributed by atoms with van der Waals surface area (Å²) in [5.41, 5.74) is -0.850. The lowest BCUT2D eigenvalue weighted by Crippen LogP contribution is -2.61. The van der Waals surface area contributed by atoms with Crippen LogP contribution in [-0.4, -0.2) is 78.4 Å². The van der Waals surface area contributed by atoms with Crippen LogP contribution in [0.2, 0.25) is 0 Å². The number of hydrogen-bond acceptors (Lipinski definition) is 15. The van der Waals surface area contributed by atoms with Gasteiger partial charge in [0.05, 0.1) is 11.7 Å². The summed E-state index contributed by atoms with van der Waals surface area (Å²) in [6.07, 6.45) is -5.67. The van der Waals surface area contributed by atoms with Gasteiger partial charge in [0, 0.05) is 23.8 Å². The number of esters is 2. The molecule has 15 heteroatoms. The van der Waals surface area contributed by atoms with Gasteiger partial charge in [0.2, 0.25) is 17.5 Å². The van der Waals surface area contributed by atoms with E-state index in [-0.39, 0.29) is 34.0 Å². The first-order chi connectivity index (χ1) is 24.8. The Morgan fingerprint density at radius 3 is 2.10 bits per heavy atom. The number of carbonyl (C=O) groups excluding carboxylic acids is 2. The van der Waals surface area contributed by atoms with Crippen LogP contribution in [-0.2, 0) is 19.0 Å². The molecule has 5 unspecified atom stereocenters. The maximum Gasteiger partial charge on any atom is 0.338 e. The summed E-state index contributed by atoms with van der Waals surface area (Å²) in [4.78, 5) is 40.1. The lowest BCUT2D eigenvalue weighted by molar-refractivity contribution is -0.271. The maximum absolute atomic E-state index is 14.0. The van der Waals surface area contributed by atoms with Gasteiger partial charge in [-0.3, -0.25) is 4.79 Å². The van der Waals surface area contributed by atoms with Crippen molar-refractivity contribution in [3.63, 3.8) is 0 Å². The molecule has 5 atom stereocenters. The molecule has 1 aliphatic heterocycles. The number of fused-ring (bicyclic) bond motifs is 1. The maximum atomic E-state index is 14.0. The Kier molecular flexibility index (Phi) is 9.63. The number of phenols is 6. The van der Waals surface area contributed by atoms with Crippen molar-refractivity contribution in [2.24, 2.45) is 0 Å². The minimum absolute atomic E-state index is 0.0200. The number of hydrogen-bond donors (Lipinski definition) is 7. The van der Waals surface area contributed by atoms with Crippen LogP contribution in [0.3, 0.4) is 0 Å². The Morgan fingerprint density at radius 2 is 1.42 bits per heavy atom. The van der Waals surface area contributed by atoms with Crippen molar-refractivity contribution in [3.8, 4) is 51.6 Å². The fourth-order valence-corrected chi connectivity index (χ4v) is 5.44. The summed E-state index contributed by atoms with van der Waals surface area (Å²) in [5, 5.41) is 71.1. The summed E-state index contributed by atoms with van der Waals surface area (Å²) in [5.74, 6) is -5.37. The predicted molar refractivity (Wildman–Crippen MR) is 180 cm³/mol. The molecule has 1 aliphatic rings. The summed E-state index contributed by atoms with van der Waals surface area (Å²) in [6.45, 7) is 1.41. The zero-order valence-electron chi connectivity index (χ0n) is 26.9. The highest BCUT2D eigenvalue weighted by atomic mass is 16.7. The van der Waals surface area contributed by atoms with Gasteiger partial charge >= 0.3 is 11.9 Å². The van der Waals surface area contributed by atoms with E-state index in [9.17, 15) is 50.1 Å². The first-order valence-corrected chi connectivity index (χ1v) is 15.5. The zero-order chi connectivity index (χ0) is 37.3. The largest absolute Gasteiger partial charge is 0.508 e. The Balaban J connectivity index is 1.39. The van der Waals surface area contributed by atoms with Crippen LogP contribution in [0.25, 0.3) is 28.4 Å². The van der Waals surface area contributed by atoms with Crippen LogP contribution in [0.1, 0.15) is 22.8 Å². The molecule has 0 saturated carbocycles. The normalized spacial score (nSPS) is 20.1. The van der Waals surface area contributed by atoms with E-state index >= 15 is 0 Å². The van der Waals surface area contributed by atoms with Crippen molar-refractivity contribution in [2.75, 3.05) is 0 Å². The molecule has 4 aromatic carbocycles. The van der Waals surface area contributed by atoms with Crippen LogP contribution in [0, 0.1) is 0 Å². The van der Waals surface area contributed by atoms with Crippen LogP contribution in [0.15, 0.2) is 94.2 Å². The fourth-order valence-electron chi connectivity index (χ4n) is 5.44. The monoisotopic (exact) mass is 714 g/mol. The lowest BCUT2D eigenvalue weighted by Gasteiger charge is -2.42. The van der Waals surface area contributed by atoms with Crippen molar-refractivity contribution >= 4 is 29.0 Å². The van der Waals surface area contributed by atoms with Gasteiger partial charge in [-0.2, -0.15) is 0 Å². The molecule has 15 nitrogen and oxygen atoms in total. The van der Waals surface area contributed by atoms with Crippen molar-refractivity contribution in [3.05, 3.63) is 106 Å². The SMILES string of the molecule is CC1OC(Oc2c(-c3ccc(O)c(O)c3)oc3cc(O)cc(O)c3c2=O)C(OC(=O)c2ccc(O)cc2)C(O)C1OC(=O)C=Cc1ccc(O)cc1. The quantitative estimate of drug-likeness (QED) is 0.0682. The molecule has 268 valence electrons. The lowest BCUT2D eigenvalue weighted by atomic mass is 9.99. The van der Waals surface area contributed by atoms with Crippen molar-refractivity contribution in [1.82, 2.24) is 0 Å². The molecule has 0 amide bonds. The standard InChI is InChI=1S/C37H30O15/c1-17-32(50-28(44)13-4-18-2-8-21(38)9-3-18)31(46)35(51-36(47)19-5-10-22(39)11-6-19)37(48-17)52-34-30(45)29-26(43)15-23(40)16-27(29)49-33(34)20-7-12-24(41)25(42)14-20/h2-17,31-32,35,37-43,46H,1H3. The average Bonchev–Trinajstić information content (AvgIpc) is 3.10. The third-order valence-corrected chi connectivity index (χ3v) is 8.05. The van der Waals surface area contributed by atoms with E-state index in [1.54, 1.807) is 12.1 Å². The number of aliphatic hydroxyl groups excluding tert-OH is 1. The Hall–Kier alpha value is -6.71. The van der Waals surface area contributed by atoms with Crippen LogP contribution in [0.5, 0.6) is 40.2 Å². The van der Waals surface area contributed by atoms with Gasteiger partial charge in [0.1, 0.15) is 40.1 Å².